The number of fused-ring (bicyclic) bond motifs is 8. The molecule has 0 bridgehead atoms. The molecule has 0 saturated carbocycles. The normalized spacial score (nSPS) is 11.6. The van der Waals surface area contributed by atoms with Crippen molar-refractivity contribution in [1.29, 1.82) is 0 Å². The molecule has 0 aliphatic heterocycles. The first-order valence-electron chi connectivity index (χ1n) is 17.1. The minimum atomic E-state index is 0.885. The molecule has 2 heteroatoms. The highest BCUT2D eigenvalue weighted by molar-refractivity contribution is 6.16. The number of anilines is 3. The molecule has 10 rings (SSSR count). The molecule has 0 saturated heterocycles. The van der Waals surface area contributed by atoms with E-state index in [0.717, 1.165) is 44.4 Å². The lowest BCUT2D eigenvalue weighted by Crippen LogP contribution is -2.10. The Balaban J connectivity index is 1.17. The van der Waals surface area contributed by atoms with Crippen molar-refractivity contribution in [2.75, 3.05) is 4.90 Å². The van der Waals surface area contributed by atoms with Crippen molar-refractivity contribution in [2.45, 2.75) is 0 Å². The summed E-state index contributed by atoms with van der Waals surface area (Å²) in [5, 5.41) is 9.57. The predicted molar refractivity (Wildman–Crippen MR) is 212 cm³/mol. The number of furan rings is 1. The van der Waals surface area contributed by atoms with Crippen LogP contribution in [0.25, 0.3) is 76.5 Å². The van der Waals surface area contributed by atoms with Crippen molar-refractivity contribution in [1.82, 2.24) is 0 Å². The summed E-state index contributed by atoms with van der Waals surface area (Å²) in [5.74, 6) is 0. The Morgan fingerprint density at radius 2 is 0.960 bits per heavy atom. The Bertz CT molecular complexity index is 2870. The smallest absolute Gasteiger partial charge is 0.143 e. The Kier molecular flexibility index (Phi) is 6.53. The molecule has 0 spiro atoms. The Morgan fingerprint density at radius 3 is 1.80 bits per heavy atom. The van der Waals surface area contributed by atoms with Crippen molar-refractivity contribution in [3.05, 3.63) is 188 Å². The molecule has 1 aromatic heterocycles. The molecule has 1 heterocycles. The van der Waals surface area contributed by atoms with E-state index in [0.29, 0.717) is 0 Å². The van der Waals surface area contributed by atoms with Crippen LogP contribution in [0.1, 0.15) is 0 Å². The zero-order valence-electron chi connectivity index (χ0n) is 27.3. The van der Waals surface area contributed by atoms with Gasteiger partial charge in [0.25, 0.3) is 0 Å². The third kappa shape index (κ3) is 4.65. The van der Waals surface area contributed by atoms with Crippen LogP contribution in [0.15, 0.2) is 192 Å². The van der Waals surface area contributed by atoms with Gasteiger partial charge in [-0.25, -0.2) is 0 Å². The summed E-state index contributed by atoms with van der Waals surface area (Å²) >= 11 is 0. The van der Waals surface area contributed by atoms with E-state index in [1.165, 1.54) is 49.2 Å². The van der Waals surface area contributed by atoms with Gasteiger partial charge in [-0.05, 0) is 104 Å². The van der Waals surface area contributed by atoms with E-state index in [-0.39, 0.29) is 0 Å². The summed E-state index contributed by atoms with van der Waals surface area (Å²) in [6.45, 7) is 0. The minimum Gasteiger partial charge on any atom is -0.455 e. The molecule has 0 aliphatic rings. The number of rotatable bonds is 5. The maximum absolute atomic E-state index is 6.51. The molecule has 0 radical (unpaired) electrons. The van der Waals surface area contributed by atoms with Gasteiger partial charge in [0, 0.05) is 33.2 Å². The lowest BCUT2D eigenvalue weighted by atomic mass is 9.93. The summed E-state index contributed by atoms with van der Waals surface area (Å²) in [7, 11) is 0. The predicted octanol–water partition coefficient (Wildman–Crippen LogP) is 13.8. The third-order valence-corrected chi connectivity index (χ3v) is 10.0. The van der Waals surface area contributed by atoms with E-state index < -0.39 is 0 Å². The molecule has 0 aliphatic carbocycles. The van der Waals surface area contributed by atoms with Crippen molar-refractivity contribution in [2.24, 2.45) is 0 Å². The molecule has 234 valence electrons. The van der Waals surface area contributed by atoms with Crippen LogP contribution in [0.2, 0.25) is 0 Å². The second kappa shape index (κ2) is 11.5. The molecule has 0 atom stereocenters. The van der Waals surface area contributed by atoms with Crippen LogP contribution in [-0.4, -0.2) is 0 Å². The highest BCUT2D eigenvalue weighted by Gasteiger charge is 2.18. The molecule has 0 N–H and O–H groups in total. The molecule has 0 amide bonds. The molecule has 0 fully saturated rings. The maximum atomic E-state index is 6.51. The average molecular weight is 638 g/mol. The number of benzene rings is 9. The minimum absolute atomic E-state index is 0.885. The standard InChI is InChI=1S/C48H31NO/c1-2-11-32(12-3-1)33-21-24-37(25-22-33)49(39-26-28-47-46(31-39)44-27-23-34-13-4-7-18-41(34)48(44)50-47)38-16-10-15-35(29-38)45-30-36-14-5-6-17-40(36)42-19-8-9-20-43(42)45/h1-31H. The lowest BCUT2D eigenvalue weighted by molar-refractivity contribution is 0.672. The van der Waals surface area contributed by atoms with Crippen LogP contribution in [0.3, 0.4) is 0 Å². The lowest BCUT2D eigenvalue weighted by Gasteiger charge is -2.26. The van der Waals surface area contributed by atoms with Crippen LogP contribution in [0.4, 0.5) is 17.1 Å². The van der Waals surface area contributed by atoms with Crippen LogP contribution in [-0.2, 0) is 0 Å². The molecule has 50 heavy (non-hydrogen) atoms. The summed E-state index contributed by atoms with van der Waals surface area (Å²) in [5.41, 5.74) is 9.85. The van der Waals surface area contributed by atoms with Gasteiger partial charge in [0.2, 0.25) is 0 Å². The van der Waals surface area contributed by atoms with E-state index in [2.05, 4.69) is 193 Å². The third-order valence-electron chi connectivity index (χ3n) is 10.0. The average Bonchev–Trinajstić information content (AvgIpc) is 3.57. The molecule has 2 nitrogen and oxygen atoms in total. The van der Waals surface area contributed by atoms with Crippen molar-refractivity contribution in [3.8, 4) is 22.3 Å². The van der Waals surface area contributed by atoms with E-state index in [1.807, 2.05) is 0 Å². The number of hydrogen-bond donors (Lipinski definition) is 0. The fraction of sp³-hybridized carbons (Fsp3) is 0. The van der Waals surface area contributed by atoms with Gasteiger partial charge in [-0.2, -0.15) is 0 Å². The second-order valence-electron chi connectivity index (χ2n) is 12.9. The van der Waals surface area contributed by atoms with Crippen LogP contribution in [0.5, 0.6) is 0 Å². The van der Waals surface area contributed by atoms with E-state index in [9.17, 15) is 0 Å². The van der Waals surface area contributed by atoms with Gasteiger partial charge in [0.05, 0.1) is 0 Å². The largest absolute Gasteiger partial charge is 0.455 e. The van der Waals surface area contributed by atoms with E-state index >= 15 is 0 Å². The van der Waals surface area contributed by atoms with Crippen molar-refractivity contribution in [3.63, 3.8) is 0 Å². The fourth-order valence-electron chi connectivity index (χ4n) is 7.62. The molecule has 0 unspecified atom stereocenters. The highest BCUT2D eigenvalue weighted by Crippen LogP contribution is 2.43. The Morgan fingerprint density at radius 1 is 0.320 bits per heavy atom. The van der Waals surface area contributed by atoms with Crippen LogP contribution < -0.4 is 4.90 Å². The van der Waals surface area contributed by atoms with E-state index in [4.69, 9.17) is 4.42 Å². The van der Waals surface area contributed by atoms with Crippen LogP contribution in [0, 0.1) is 0 Å². The van der Waals surface area contributed by atoms with Gasteiger partial charge >= 0.3 is 0 Å². The summed E-state index contributed by atoms with van der Waals surface area (Å²) in [6.07, 6.45) is 0. The molecule has 9 aromatic carbocycles. The van der Waals surface area contributed by atoms with Gasteiger partial charge in [0.1, 0.15) is 11.2 Å². The summed E-state index contributed by atoms with van der Waals surface area (Å²) in [6, 6.07) is 67.5. The van der Waals surface area contributed by atoms with Gasteiger partial charge in [-0.15, -0.1) is 0 Å². The first kappa shape index (κ1) is 28.4. The van der Waals surface area contributed by atoms with Gasteiger partial charge in [-0.1, -0.05) is 133 Å². The SMILES string of the molecule is c1ccc(-c2ccc(N(c3cccc(-c4cc5ccccc5c5ccccc45)c3)c3ccc4oc5c6ccccc6ccc5c4c3)cc2)cc1. The number of hydrogen-bond acceptors (Lipinski definition) is 2. The molecule has 10 aromatic rings. The van der Waals surface area contributed by atoms with Crippen LogP contribution >= 0.6 is 0 Å². The summed E-state index contributed by atoms with van der Waals surface area (Å²) in [4.78, 5) is 2.36. The first-order chi connectivity index (χ1) is 24.8. The van der Waals surface area contributed by atoms with Crippen molar-refractivity contribution < 1.29 is 4.42 Å². The first-order valence-corrected chi connectivity index (χ1v) is 17.1. The maximum Gasteiger partial charge on any atom is 0.143 e. The second-order valence-corrected chi connectivity index (χ2v) is 12.9. The number of nitrogens with zero attached hydrogens (tertiary/aromatic N) is 1. The van der Waals surface area contributed by atoms with Gasteiger partial charge in [0.15, 0.2) is 0 Å². The zero-order chi connectivity index (χ0) is 33.0. The van der Waals surface area contributed by atoms with Gasteiger partial charge < -0.3 is 9.32 Å². The van der Waals surface area contributed by atoms with Crippen molar-refractivity contribution >= 4 is 71.3 Å². The highest BCUT2D eigenvalue weighted by atomic mass is 16.3. The quantitative estimate of drug-likeness (QED) is 0.175. The Labute approximate surface area is 290 Å². The fourth-order valence-corrected chi connectivity index (χ4v) is 7.62. The molecular weight excluding hydrogens is 607 g/mol. The monoisotopic (exact) mass is 637 g/mol. The molecular formula is C48H31NO. The van der Waals surface area contributed by atoms with Gasteiger partial charge in [-0.3, -0.25) is 0 Å². The summed E-state index contributed by atoms with van der Waals surface area (Å²) < 4.78 is 6.51. The van der Waals surface area contributed by atoms with E-state index in [1.54, 1.807) is 0 Å². The topological polar surface area (TPSA) is 16.4 Å². The Hall–Kier alpha value is -6.64. The zero-order valence-corrected chi connectivity index (χ0v) is 27.3.